The molecule has 0 aromatic rings. The summed E-state index contributed by atoms with van der Waals surface area (Å²) in [7, 11) is 0. The number of aliphatic carboxylic acids is 1. The molecule has 0 saturated heterocycles. The normalized spacial score (nSPS) is 17.6. The minimum absolute atomic E-state index is 0.00119. The molecule has 0 aromatic carbocycles. The maximum absolute atomic E-state index is 11.5. The van der Waals surface area contributed by atoms with Crippen molar-refractivity contribution in [1.29, 1.82) is 0 Å². The van der Waals surface area contributed by atoms with Gasteiger partial charge in [0, 0.05) is 19.4 Å². The molecule has 1 atom stereocenters. The average Bonchev–Trinajstić information content (AvgIpc) is 2.78. The third-order valence-corrected chi connectivity index (χ3v) is 3.66. The highest BCUT2D eigenvalue weighted by molar-refractivity contribution is 5.75. The minimum atomic E-state index is -0.807. The summed E-state index contributed by atoms with van der Waals surface area (Å²) in [5.41, 5.74) is 0. The molecule has 1 rings (SSSR count). The molecule has 0 aromatic heterocycles. The largest absolute Gasteiger partial charge is 0.481 e. The Morgan fingerprint density at radius 2 is 2.00 bits per heavy atom. The molecule has 1 amide bonds. The molecule has 0 bridgehead atoms. The van der Waals surface area contributed by atoms with Gasteiger partial charge in [0.05, 0.1) is 0 Å². The van der Waals surface area contributed by atoms with Crippen LogP contribution in [-0.4, -0.2) is 23.5 Å². The van der Waals surface area contributed by atoms with Crippen molar-refractivity contribution in [2.24, 2.45) is 11.8 Å². The van der Waals surface area contributed by atoms with Gasteiger partial charge in [-0.05, 0) is 24.7 Å². The van der Waals surface area contributed by atoms with Crippen LogP contribution in [0.3, 0.4) is 0 Å². The summed E-state index contributed by atoms with van der Waals surface area (Å²) in [6.45, 7) is 2.31. The van der Waals surface area contributed by atoms with Gasteiger partial charge in [0.2, 0.25) is 5.91 Å². The lowest BCUT2D eigenvalue weighted by atomic mass is 10.0. The van der Waals surface area contributed by atoms with Gasteiger partial charge in [0.1, 0.15) is 0 Å². The summed E-state index contributed by atoms with van der Waals surface area (Å²) >= 11 is 0. The highest BCUT2D eigenvalue weighted by Gasteiger charge is 2.15. The van der Waals surface area contributed by atoms with E-state index in [1.165, 1.54) is 25.7 Å². The van der Waals surface area contributed by atoms with E-state index in [-0.39, 0.29) is 18.2 Å². The number of carbonyl (C=O) groups excluding carboxylic acids is 1. The highest BCUT2D eigenvalue weighted by Crippen LogP contribution is 2.28. The molecule has 18 heavy (non-hydrogen) atoms. The van der Waals surface area contributed by atoms with Gasteiger partial charge >= 0.3 is 5.97 Å². The van der Waals surface area contributed by atoms with Crippen molar-refractivity contribution in [2.45, 2.75) is 58.3 Å². The molecule has 0 aliphatic heterocycles. The van der Waals surface area contributed by atoms with Crippen LogP contribution in [0.1, 0.15) is 58.3 Å². The summed E-state index contributed by atoms with van der Waals surface area (Å²) in [6.07, 6.45) is 8.18. The number of carboxylic acid groups (broad SMARTS) is 1. The first-order valence-corrected chi connectivity index (χ1v) is 7.06. The van der Waals surface area contributed by atoms with Gasteiger partial charge in [-0.3, -0.25) is 9.59 Å². The zero-order valence-electron chi connectivity index (χ0n) is 11.3. The Hall–Kier alpha value is -1.06. The lowest BCUT2D eigenvalue weighted by molar-refractivity contribution is -0.138. The van der Waals surface area contributed by atoms with E-state index in [0.29, 0.717) is 13.0 Å². The molecule has 4 heteroatoms. The second-order valence-electron chi connectivity index (χ2n) is 5.55. The van der Waals surface area contributed by atoms with Gasteiger partial charge in [-0.1, -0.05) is 32.6 Å². The summed E-state index contributed by atoms with van der Waals surface area (Å²) < 4.78 is 0. The van der Waals surface area contributed by atoms with Crippen LogP contribution in [0.25, 0.3) is 0 Å². The fourth-order valence-electron chi connectivity index (χ4n) is 2.60. The van der Waals surface area contributed by atoms with Gasteiger partial charge in [-0.15, -0.1) is 0 Å². The van der Waals surface area contributed by atoms with E-state index >= 15 is 0 Å². The van der Waals surface area contributed by atoms with Crippen LogP contribution in [-0.2, 0) is 9.59 Å². The molecule has 1 aliphatic carbocycles. The fourth-order valence-corrected chi connectivity index (χ4v) is 2.60. The van der Waals surface area contributed by atoms with E-state index in [2.05, 4.69) is 5.32 Å². The summed E-state index contributed by atoms with van der Waals surface area (Å²) in [5.74, 6) is 0.0910. The Labute approximate surface area is 109 Å². The molecule has 4 nitrogen and oxygen atoms in total. The van der Waals surface area contributed by atoms with Crippen molar-refractivity contribution in [3.05, 3.63) is 0 Å². The number of rotatable bonds is 8. The average molecular weight is 255 g/mol. The maximum Gasteiger partial charge on any atom is 0.303 e. The zero-order valence-corrected chi connectivity index (χ0v) is 11.3. The molecule has 104 valence electrons. The summed E-state index contributed by atoms with van der Waals surface area (Å²) in [6, 6.07) is 0. The highest BCUT2D eigenvalue weighted by atomic mass is 16.4. The number of nitrogens with one attached hydrogen (secondary N) is 1. The number of carbonyl (C=O) groups is 2. The molecule has 1 aliphatic rings. The summed E-state index contributed by atoms with van der Waals surface area (Å²) in [4.78, 5) is 22.0. The predicted molar refractivity (Wildman–Crippen MR) is 70.2 cm³/mol. The second-order valence-corrected chi connectivity index (χ2v) is 5.55. The van der Waals surface area contributed by atoms with Crippen molar-refractivity contribution in [3.8, 4) is 0 Å². The Kier molecular flexibility index (Phi) is 6.76. The monoisotopic (exact) mass is 255 g/mol. The SMILES string of the molecule is CC(CNC(=O)CCCC1CCCC1)CC(=O)O. The topological polar surface area (TPSA) is 66.4 Å². The fraction of sp³-hybridized carbons (Fsp3) is 0.857. The van der Waals surface area contributed by atoms with Crippen LogP contribution in [0.5, 0.6) is 0 Å². The van der Waals surface area contributed by atoms with Gasteiger partial charge in [-0.2, -0.15) is 0 Å². The Bertz CT molecular complexity index is 272. The first-order chi connectivity index (χ1) is 8.58. The molecule has 0 radical (unpaired) electrons. The van der Waals surface area contributed by atoms with E-state index in [9.17, 15) is 9.59 Å². The number of carboxylic acids is 1. The third-order valence-electron chi connectivity index (χ3n) is 3.66. The number of amides is 1. The Balaban J connectivity index is 2.01. The third kappa shape index (κ3) is 6.62. The van der Waals surface area contributed by atoms with E-state index < -0.39 is 5.97 Å². The molecule has 1 saturated carbocycles. The zero-order chi connectivity index (χ0) is 13.4. The molecule has 1 unspecified atom stereocenters. The maximum atomic E-state index is 11.5. The van der Waals surface area contributed by atoms with Crippen molar-refractivity contribution >= 4 is 11.9 Å². The van der Waals surface area contributed by atoms with Crippen molar-refractivity contribution in [3.63, 3.8) is 0 Å². The van der Waals surface area contributed by atoms with Crippen LogP contribution < -0.4 is 5.32 Å². The lowest BCUT2D eigenvalue weighted by Gasteiger charge is -2.11. The van der Waals surface area contributed by atoms with E-state index in [1.54, 1.807) is 0 Å². The molecule has 1 fully saturated rings. The standard InChI is InChI=1S/C14H25NO3/c1-11(9-14(17)18)10-15-13(16)8-4-7-12-5-2-3-6-12/h11-12H,2-10H2,1H3,(H,15,16)(H,17,18). The van der Waals surface area contributed by atoms with Crippen molar-refractivity contribution in [2.75, 3.05) is 6.54 Å². The lowest BCUT2D eigenvalue weighted by Crippen LogP contribution is -2.29. The molecule has 2 N–H and O–H groups in total. The van der Waals surface area contributed by atoms with E-state index in [4.69, 9.17) is 5.11 Å². The number of hydrogen-bond donors (Lipinski definition) is 2. The van der Waals surface area contributed by atoms with Gasteiger partial charge in [0.15, 0.2) is 0 Å². The Morgan fingerprint density at radius 1 is 1.33 bits per heavy atom. The first-order valence-electron chi connectivity index (χ1n) is 7.06. The van der Waals surface area contributed by atoms with Crippen molar-refractivity contribution < 1.29 is 14.7 Å². The van der Waals surface area contributed by atoms with Crippen LogP contribution in [0.4, 0.5) is 0 Å². The smallest absolute Gasteiger partial charge is 0.303 e. The second kappa shape index (κ2) is 8.11. The predicted octanol–water partition coefficient (Wildman–Crippen LogP) is 2.57. The van der Waals surface area contributed by atoms with Gasteiger partial charge in [-0.25, -0.2) is 0 Å². The molecule has 0 spiro atoms. The van der Waals surface area contributed by atoms with Crippen LogP contribution in [0.15, 0.2) is 0 Å². The molecule has 0 heterocycles. The van der Waals surface area contributed by atoms with Gasteiger partial charge < -0.3 is 10.4 Å². The first kappa shape index (κ1) is 15.0. The van der Waals surface area contributed by atoms with Crippen LogP contribution in [0, 0.1) is 11.8 Å². The Morgan fingerprint density at radius 3 is 2.61 bits per heavy atom. The van der Waals surface area contributed by atoms with Crippen LogP contribution in [0.2, 0.25) is 0 Å². The molecular formula is C14H25NO3. The van der Waals surface area contributed by atoms with E-state index in [1.807, 2.05) is 6.92 Å². The van der Waals surface area contributed by atoms with Gasteiger partial charge in [0.25, 0.3) is 0 Å². The number of hydrogen-bond acceptors (Lipinski definition) is 2. The quantitative estimate of drug-likeness (QED) is 0.700. The summed E-state index contributed by atoms with van der Waals surface area (Å²) in [5, 5.41) is 11.4. The van der Waals surface area contributed by atoms with E-state index in [0.717, 1.165) is 18.8 Å². The minimum Gasteiger partial charge on any atom is -0.481 e. The van der Waals surface area contributed by atoms with Crippen molar-refractivity contribution in [1.82, 2.24) is 5.32 Å². The molecular weight excluding hydrogens is 230 g/mol. The van der Waals surface area contributed by atoms with Crippen LogP contribution >= 0.6 is 0 Å².